The molecule has 0 aliphatic carbocycles. The monoisotopic (exact) mass is 392 g/mol. The first-order chi connectivity index (χ1) is 12.6. The van der Waals surface area contributed by atoms with E-state index >= 15 is 0 Å². The highest BCUT2D eigenvalue weighted by molar-refractivity contribution is 7.99. The van der Waals surface area contributed by atoms with Crippen LogP contribution in [0.2, 0.25) is 0 Å². The zero-order valence-electron chi connectivity index (χ0n) is 14.7. The predicted molar refractivity (Wildman–Crippen MR) is 117 cm³/mol. The highest BCUT2D eigenvalue weighted by Gasteiger charge is 2.14. The maximum Gasteiger partial charge on any atom is 0.124 e. The highest BCUT2D eigenvalue weighted by atomic mass is 32.2. The highest BCUT2D eigenvalue weighted by Crippen LogP contribution is 2.40. The van der Waals surface area contributed by atoms with Gasteiger partial charge >= 0.3 is 0 Å². The number of fused-ring (bicyclic) bond motifs is 3. The number of rotatable bonds is 2. The molecule has 0 fully saturated rings. The van der Waals surface area contributed by atoms with Gasteiger partial charge in [-0.1, -0.05) is 29.8 Å². The summed E-state index contributed by atoms with van der Waals surface area (Å²) >= 11 is 5.31. The summed E-state index contributed by atoms with van der Waals surface area (Å²) in [5.41, 5.74) is 4.66. The third-order valence-corrected chi connectivity index (χ3v) is 7.38. The number of hydrogen-bond acceptors (Lipinski definition) is 5. The molecule has 0 spiro atoms. The molecular formula is C21H16N2S3. The lowest BCUT2D eigenvalue weighted by Crippen LogP contribution is -1.81. The van der Waals surface area contributed by atoms with E-state index in [9.17, 15) is 0 Å². The van der Waals surface area contributed by atoms with Crippen LogP contribution in [0.5, 0.6) is 0 Å². The molecule has 0 amide bonds. The fraction of sp³-hybridized carbons (Fsp3) is 0.143. The third-order valence-electron chi connectivity index (χ3n) is 4.57. The number of hydrogen-bond donors (Lipinski definition) is 0. The molecule has 0 radical (unpaired) electrons. The summed E-state index contributed by atoms with van der Waals surface area (Å²) < 4.78 is 2.49. The number of thioether (sulfide) groups is 1. The van der Waals surface area contributed by atoms with Gasteiger partial charge in [0.2, 0.25) is 0 Å². The number of aromatic nitrogens is 2. The Morgan fingerprint density at radius 2 is 1.69 bits per heavy atom. The first-order valence-electron chi connectivity index (χ1n) is 8.38. The first kappa shape index (κ1) is 16.2. The van der Waals surface area contributed by atoms with Crippen molar-refractivity contribution in [1.29, 1.82) is 0 Å². The van der Waals surface area contributed by atoms with E-state index in [0.717, 1.165) is 21.0 Å². The average molecular weight is 393 g/mol. The molecule has 0 atom stereocenters. The maximum atomic E-state index is 4.90. The van der Waals surface area contributed by atoms with Crippen LogP contribution in [0.25, 0.3) is 41.8 Å². The Balaban J connectivity index is 1.78. The van der Waals surface area contributed by atoms with Crippen molar-refractivity contribution in [2.24, 2.45) is 0 Å². The van der Waals surface area contributed by atoms with Crippen molar-refractivity contribution in [2.75, 3.05) is 6.26 Å². The Hall–Kier alpha value is -1.95. The average Bonchev–Trinajstić information content (AvgIpc) is 3.20. The summed E-state index contributed by atoms with van der Waals surface area (Å²) in [5.74, 6) is 0. The second-order valence-electron chi connectivity index (χ2n) is 6.42. The molecule has 5 heteroatoms. The topological polar surface area (TPSA) is 25.8 Å². The van der Waals surface area contributed by atoms with Gasteiger partial charge in [-0.15, -0.1) is 34.4 Å². The predicted octanol–water partition coefficient (Wildman–Crippen LogP) is 7.06. The van der Waals surface area contributed by atoms with Crippen LogP contribution in [0.3, 0.4) is 0 Å². The molecule has 2 aromatic heterocycles. The van der Waals surface area contributed by atoms with Crippen molar-refractivity contribution in [3.8, 4) is 10.6 Å². The van der Waals surface area contributed by atoms with Crippen LogP contribution in [0.1, 0.15) is 10.6 Å². The van der Waals surface area contributed by atoms with Gasteiger partial charge in [0.05, 0.1) is 25.4 Å². The molecule has 0 unspecified atom stereocenters. The largest absolute Gasteiger partial charge is 0.240 e. The minimum absolute atomic E-state index is 1.07. The summed E-state index contributed by atoms with van der Waals surface area (Å²) in [7, 11) is 0. The molecule has 5 rings (SSSR count). The molecule has 5 aromatic rings. The Morgan fingerprint density at radius 3 is 2.46 bits per heavy atom. The minimum Gasteiger partial charge on any atom is -0.240 e. The lowest BCUT2D eigenvalue weighted by atomic mass is 10.1. The molecular weight excluding hydrogens is 376 g/mol. The molecule has 3 aromatic carbocycles. The maximum absolute atomic E-state index is 4.90. The standard InChI is InChI=1S/C21H16N2S3/c1-11-4-6-13(7-5-11)21-23-16-8-14-9-18-19(22-12(2)25-18)20(24-3)15(14)10-17(16)26-21/h4-10H,1-3H3. The van der Waals surface area contributed by atoms with Gasteiger partial charge in [-0.25, -0.2) is 9.97 Å². The van der Waals surface area contributed by atoms with E-state index in [1.54, 1.807) is 34.4 Å². The van der Waals surface area contributed by atoms with Crippen molar-refractivity contribution in [1.82, 2.24) is 9.97 Å². The van der Waals surface area contributed by atoms with Gasteiger partial charge in [-0.3, -0.25) is 0 Å². The zero-order chi connectivity index (χ0) is 17.8. The summed E-state index contributed by atoms with van der Waals surface area (Å²) in [6.45, 7) is 4.19. The summed E-state index contributed by atoms with van der Waals surface area (Å²) in [5, 5.41) is 4.73. The van der Waals surface area contributed by atoms with E-state index in [1.165, 1.54) is 36.2 Å². The second-order valence-corrected chi connectivity index (χ2v) is 9.50. The number of aryl methyl sites for hydroxylation is 2. The summed E-state index contributed by atoms with van der Waals surface area (Å²) in [6, 6.07) is 15.4. The van der Waals surface area contributed by atoms with E-state index in [4.69, 9.17) is 9.97 Å². The molecule has 0 saturated heterocycles. The molecule has 2 heterocycles. The zero-order valence-corrected chi connectivity index (χ0v) is 17.1. The Kier molecular flexibility index (Phi) is 3.78. The quantitative estimate of drug-likeness (QED) is 0.301. The van der Waals surface area contributed by atoms with Gasteiger partial charge in [0.25, 0.3) is 0 Å². The van der Waals surface area contributed by atoms with Crippen molar-refractivity contribution in [2.45, 2.75) is 18.7 Å². The number of benzene rings is 3. The molecule has 26 heavy (non-hydrogen) atoms. The van der Waals surface area contributed by atoms with E-state index in [1.807, 2.05) is 0 Å². The van der Waals surface area contributed by atoms with Crippen LogP contribution in [0, 0.1) is 13.8 Å². The lowest BCUT2D eigenvalue weighted by Gasteiger charge is -2.05. The summed E-state index contributed by atoms with van der Waals surface area (Å²) in [6.07, 6.45) is 2.14. The first-order valence-corrected chi connectivity index (χ1v) is 11.2. The molecule has 128 valence electrons. The van der Waals surface area contributed by atoms with Gasteiger partial charge in [0, 0.05) is 10.5 Å². The number of nitrogens with zero attached hydrogens (tertiary/aromatic N) is 2. The molecule has 0 aliphatic rings. The molecule has 0 bridgehead atoms. The van der Waals surface area contributed by atoms with Crippen LogP contribution in [0.15, 0.2) is 47.4 Å². The van der Waals surface area contributed by atoms with E-state index < -0.39 is 0 Å². The molecule has 0 N–H and O–H groups in total. The van der Waals surface area contributed by atoms with Crippen LogP contribution < -0.4 is 0 Å². The third kappa shape index (κ3) is 2.54. The smallest absolute Gasteiger partial charge is 0.124 e. The van der Waals surface area contributed by atoms with Gasteiger partial charge in [0.1, 0.15) is 5.01 Å². The van der Waals surface area contributed by atoms with E-state index in [0.29, 0.717) is 0 Å². The van der Waals surface area contributed by atoms with Crippen LogP contribution in [-0.2, 0) is 0 Å². The summed E-state index contributed by atoms with van der Waals surface area (Å²) in [4.78, 5) is 10.9. The van der Waals surface area contributed by atoms with Gasteiger partial charge in [-0.05, 0) is 49.1 Å². The van der Waals surface area contributed by atoms with Crippen molar-refractivity contribution in [3.05, 3.63) is 53.0 Å². The molecule has 2 nitrogen and oxygen atoms in total. The van der Waals surface area contributed by atoms with Gasteiger partial charge < -0.3 is 0 Å². The van der Waals surface area contributed by atoms with Crippen molar-refractivity contribution in [3.63, 3.8) is 0 Å². The second kappa shape index (κ2) is 6.05. The Labute approximate surface area is 163 Å². The molecule has 0 aliphatic heterocycles. The van der Waals surface area contributed by atoms with Crippen molar-refractivity contribution >= 4 is 65.6 Å². The Morgan fingerprint density at radius 1 is 0.885 bits per heavy atom. The fourth-order valence-electron chi connectivity index (χ4n) is 3.30. The van der Waals surface area contributed by atoms with Gasteiger partial charge in [0.15, 0.2) is 0 Å². The van der Waals surface area contributed by atoms with E-state index in [-0.39, 0.29) is 0 Å². The normalized spacial score (nSPS) is 11.8. The van der Waals surface area contributed by atoms with Crippen LogP contribution in [0.4, 0.5) is 0 Å². The van der Waals surface area contributed by atoms with E-state index in [2.05, 4.69) is 62.6 Å². The fourth-order valence-corrected chi connectivity index (χ4v) is 5.99. The molecule has 0 saturated carbocycles. The SMILES string of the molecule is CSc1c2cc3sc(-c4ccc(C)cc4)nc3cc2cc2sc(C)nc12. The number of thiazole rings is 2. The Bertz CT molecular complexity index is 1280. The van der Waals surface area contributed by atoms with Crippen LogP contribution >= 0.6 is 34.4 Å². The van der Waals surface area contributed by atoms with Crippen LogP contribution in [-0.4, -0.2) is 16.2 Å². The van der Waals surface area contributed by atoms with Crippen molar-refractivity contribution < 1.29 is 0 Å². The lowest BCUT2D eigenvalue weighted by molar-refractivity contribution is 1.32. The van der Waals surface area contributed by atoms with Gasteiger partial charge in [-0.2, -0.15) is 0 Å². The minimum atomic E-state index is 1.07.